The quantitative estimate of drug-likeness (QED) is 0.569. The van der Waals surface area contributed by atoms with Crippen LogP contribution in [0, 0.1) is 17.2 Å². The number of carbonyl (C=O) groups excluding carboxylic acids is 1. The number of aromatic nitrogens is 2. The molecule has 10 heteroatoms. The Bertz CT molecular complexity index is 1260. The molecule has 4 heterocycles. The lowest BCUT2D eigenvalue weighted by Crippen LogP contribution is -2.38. The fraction of sp³-hybridized carbons (Fsp3) is 0.273. The van der Waals surface area contributed by atoms with Gasteiger partial charge in [0.15, 0.2) is 11.5 Å². The first-order chi connectivity index (χ1) is 15.6. The predicted octanol–water partition coefficient (Wildman–Crippen LogP) is 2.36. The first-order valence-electron chi connectivity index (χ1n) is 10.1. The number of rotatable bonds is 4. The van der Waals surface area contributed by atoms with E-state index in [1.165, 1.54) is 0 Å². The molecule has 2 aliphatic heterocycles. The zero-order chi connectivity index (χ0) is 22.1. The number of hydrogen-bond acceptors (Lipinski definition) is 8. The molecule has 0 aliphatic carbocycles. The van der Waals surface area contributed by atoms with E-state index in [0.29, 0.717) is 42.6 Å². The maximum atomic E-state index is 13.1. The van der Waals surface area contributed by atoms with E-state index in [4.69, 9.17) is 13.9 Å². The molecule has 0 radical (unpaired) electrons. The highest BCUT2D eigenvalue weighted by molar-refractivity contribution is 5.98. The molecular weight excluding hydrogens is 414 g/mol. The van der Waals surface area contributed by atoms with Gasteiger partial charge in [-0.25, -0.2) is 0 Å². The second-order valence-corrected chi connectivity index (χ2v) is 7.44. The Balaban J connectivity index is 1.55. The summed E-state index contributed by atoms with van der Waals surface area (Å²) in [5.74, 6) is -0.373. The van der Waals surface area contributed by atoms with Gasteiger partial charge in [-0.05, 0) is 29.8 Å². The van der Waals surface area contributed by atoms with Gasteiger partial charge in [-0.2, -0.15) is 10.2 Å². The molecule has 2 aliphatic rings. The highest BCUT2D eigenvalue weighted by Crippen LogP contribution is 2.41. The van der Waals surface area contributed by atoms with Crippen molar-refractivity contribution in [3.63, 3.8) is 0 Å². The molecule has 1 aromatic carbocycles. The van der Waals surface area contributed by atoms with E-state index in [2.05, 4.69) is 20.6 Å². The topological polar surface area (TPSA) is 142 Å². The third-order valence-corrected chi connectivity index (χ3v) is 5.40. The highest BCUT2D eigenvalue weighted by atomic mass is 16.5. The van der Waals surface area contributed by atoms with Crippen molar-refractivity contribution in [1.29, 1.82) is 5.26 Å². The van der Waals surface area contributed by atoms with E-state index in [1.807, 2.05) is 6.07 Å². The Morgan fingerprint density at radius 3 is 2.81 bits per heavy atom. The van der Waals surface area contributed by atoms with Crippen molar-refractivity contribution >= 4 is 17.7 Å². The van der Waals surface area contributed by atoms with Gasteiger partial charge < -0.3 is 24.5 Å². The largest absolute Gasteiger partial charge is 0.490 e. The Morgan fingerprint density at radius 1 is 1.19 bits per heavy atom. The normalized spacial score (nSPS) is 19.3. The van der Waals surface area contributed by atoms with Gasteiger partial charge in [0.1, 0.15) is 17.5 Å². The molecule has 2 atom stereocenters. The maximum Gasteiger partial charge on any atom is 0.258 e. The lowest BCUT2D eigenvalue weighted by molar-refractivity contribution is -0.119. The van der Waals surface area contributed by atoms with Gasteiger partial charge in [0.2, 0.25) is 11.9 Å². The lowest BCUT2D eigenvalue weighted by atomic mass is 9.79. The summed E-state index contributed by atoms with van der Waals surface area (Å²) in [6.45, 7) is 1.33. The minimum atomic E-state index is -1.10. The standard InChI is InChI=1S/C22H19N5O5/c23-10-14-17(12-4-5-15-16(9-12)32-8-2-7-31-15)18-19(25-20(14)28)26-22(27-21(18)29)24-11-13-3-1-6-30-13/h1,3-6,9,14,17H,2,7-8,11H2,(H3,24,25,26,27,28,29). The van der Waals surface area contributed by atoms with Gasteiger partial charge in [0.25, 0.3) is 5.56 Å². The number of carbonyl (C=O) groups is 1. The number of aromatic amines is 1. The average Bonchev–Trinajstić information content (AvgIpc) is 3.20. The first-order valence-corrected chi connectivity index (χ1v) is 10.1. The minimum absolute atomic E-state index is 0.115. The second-order valence-electron chi connectivity index (χ2n) is 7.44. The molecule has 0 spiro atoms. The number of hydrogen-bond donors (Lipinski definition) is 3. The molecule has 32 heavy (non-hydrogen) atoms. The summed E-state index contributed by atoms with van der Waals surface area (Å²) in [4.78, 5) is 32.8. The SMILES string of the molecule is N#CC1C(=O)Nc2nc(NCc3ccco3)[nH]c(=O)c2C1c1ccc2c(c1)OCCCO2. The summed E-state index contributed by atoms with van der Waals surface area (Å²) >= 11 is 0. The first kappa shape index (κ1) is 19.7. The van der Waals surface area contributed by atoms with Gasteiger partial charge in [-0.15, -0.1) is 0 Å². The van der Waals surface area contributed by atoms with Crippen LogP contribution < -0.4 is 25.7 Å². The monoisotopic (exact) mass is 433 g/mol. The van der Waals surface area contributed by atoms with E-state index >= 15 is 0 Å². The number of amides is 1. The summed E-state index contributed by atoms with van der Waals surface area (Å²) < 4.78 is 16.7. The number of H-pyrrole nitrogens is 1. The molecule has 5 rings (SSSR count). The fourth-order valence-corrected chi connectivity index (χ4v) is 3.91. The second kappa shape index (κ2) is 8.11. The molecular formula is C22H19N5O5. The van der Waals surface area contributed by atoms with Crippen molar-refractivity contribution < 1.29 is 18.7 Å². The van der Waals surface area contributed by atoms with E-state index in [1.54, 1.807) is 36.6 Å². The molecule has 0 saturated carbocycles. The molecule has 10 nitrogen and oxygen atoms in total. The van der Waals surface area contributed by atoms with Gasteiger partial charge in [0.05, 0.1) is 37.7 Å². The van der Waals surface area contributed by atoms with Gasteiger partial charge >= 0.3 is 0 Å². The molecule has 0 fully saturated rings. The number of benzene rings is 1. The van der Waals surface area contributed by atoms with Crippen LogP contribution in [-0.2, 0) is 11.3 Å². The number of anilines is 2. The maximum absolute atomic E-state index is 13.1. The number of fused-ring (bicyclic) bond motifs is 2. The van der Waals surface area contributed by atoms with Crippen LogP contribution in [0.4, 0.5) is 11.8 Å². The van der Waals surface area contributed by atoms with Crippen LogP contribution in [0.5, 0.6) is 11.5 Å². The lowest BCUT2D eigenvalue weighted by Gasteiger charge is -2.28. The van der Waals surface area contributed by atoms with E-state index in [9.17, 15) is 14.9 Å². The van der Waals surface area contributed by atoms with Crippen molar-refractivity contribution in [2.45, 2.75) is 18.9 Å². The van der Waals surface area contributed by atoms with Crippen LogP contribution in [-0.4, -0.2) is 29.1 Å². The van der Waals surface area contributed by atoms with E-state index in [0.717, 1.165) is 6.42 Å². The van der Waals surface area contributed by atoms with Crippen molar-refractivity contribution in [3.8, 4) is 17.6 Å². The predicted molar refractivity (Wildman–Crippen MR) is 113 cm³/mol. The van der Waals surface area contributed by atoms with Gasteiger partial charge in [0, 0.05) is 12.3 Å². The molecule has 2 aromatic heterocycles. The Kier molecular flexibility index (Phi) is 4.99. The van der Waals surface area contributed by atoms with Crippen molar-refractivity contribution in [1.82, 2.24) is 9.97 Å². The van der Waals surface area contributed by atoms with Crippen molar-refractivity contribution in [2.75, 3.05) is 23.8 Å². The number of nitriles is 1. The number of nitrogens with zero attached hydrogens (tertiary/aromatic N) is 2. The molecule has 3 aromatic rings. The molecule has 2 unspecified atom stereocenters. The van der Waals surface area contributed by atoms with Crippen molar-refractivity contribution in [2.24, 2.45) is 5.92 Å². The third kappa shape index (κ3) is 3.54. The van der Waals surface area contributed by atoms with Crippen LogP contribution >= 0.6 is 0 Å². The fourth-order valence-electron chi connectivity index (χ4n) is 3.91. The van der Waals surface area contributed by atoms with Gasteiger partial charge in [-0.1, -0.05) is 6.07 Å². The smallest absolute Gasteiger partial charge is 0.258 e. The van der Waals surface area contributed by atoms with Crippen LogP contribution in [0.1, 0.15) is 29.2 Å². The molecule has 162 valence electrons. The minimum Gasteiger partial charge on any atom is -0.490 e. The summed E-state index contributed by atoms with van der Waals surface area (Å²) in [7, 11) is 0. The van der Waals surface area contributed by atoms with Crippen LogP contribution in [0.15, 0.2) is 45.8 Å². The van der Waals surface area contributed by atoms with Crippen LogP contribution in [0.25, 0.3) is 0 Å². The van der Waals surface area contributed by atoms with E-state index < -0.39 is 23.3 Å². The molecule has 0 saturated heterocycles. The molecule has 1 amide bonds. The summed E-state index contributed by atoms with van der Waals surface area (Å²) in [5.41, 5.74) is 0.365. The average molecular weight is 433 g/mol. The number of nitrogens with one attached hydrogen (secondary N) is 3. The number of ether oxygens (including phenoxy) is 2. The Hall–Kier alpha value is -4.26. The van der Waals surface area contributed by atoms with Crippen molar-refractivity contribution in [3.05, 3.63) is 63.8 Å². The number of furan rings is 1. The van der Waals surface area contributed by atoms with Gasteiger partial charge in [-0.3, -0.25) is 14.6 Å². The summed E-state index contributed by atoms with van der Waals surface area (Å²) in [6, 6.07) is 10.8. The third-order valence-electron chi connectivity index (χ3n) is 5.40. The Labute approximate surface area is 182 Å². The highest BCUT2D eigenvalue weighted by Gasteiger charge is 2.40. The van der Waals surface area contributed by atoms with Crippen LogP contribution in [0.2, 0.25) is 0 Å². The summed E-state index contributed by atoms with van der Waals surface area (Å²) in [5, 5.41) is 15.3. The molecule has 0 bridgehead atoms. The van der Waals surface area contributed by atoms with Crippen LogP contribution in [0.3, 0.4) is 0 Å². The summed E-state index contributed by atoms with van der Waals surface area (Å²) in [6.07, 6.45) is 2.29. The van der Waals surface area contributed by atoms with E-state index in [-0.39, 0.29) is 17.3 Å². The Morgan fingerprint density at radius 2 is 2.03 bits per heavy atom. The molecule has 3 N–H and O–H groups in total. The zero-order valence-corrected chi connectivity index (χ0v) is 16.9. The zero-order valence-electron chi connectivity index (χ0n) is 16.9.